The number of aromatic nitrogens is 1. The smallest absolute Gasteiger partial charge is 0.340 e. The molecule has 0 N–H and O–H groups in total. The Morgan fingerprint density at radius 1 is 1.45 bits per heavy atom. The molecule has 1 aromatic heterocycles. The number of carbonyl (C=O) groups excluding carboxylic acids is 1. The van der Waals surface area contributed by atoms with Gasteiger partial charge in [0.15, 0.2) is 0 Å². The second-order valence-corrected chi connectivity index (χ2v) is 4.87. The van der Waals surface area contributed by atoms with Crippen LogP contribution in [0.25, 0.3) is 0 Å². The van der Waals surface area contributed by atoms with Gasteiger partial charge in [-0.05, 0) is 39.2 Å². The predicted molar refractivity (Wildman–Crippen MR) is 75.7 cm³/mol. The Hall–Kier alpha value is -2.09. The van der Waals surface area contributed by atoms with Gasteiger partial charge in [-0.2, -0.15) is 5.26 Å². The molecule has 5 nitrogen and oxygen atoms in total. The second-order valence-electron chi connectivity index (χ2n) is 4.87. The quantitative estimate of drug-likeness (QED) is 0.791. The van der Waals surface area contributed by atoms with Crippen LogP contribution < -0.4 is 4.90 Å². The molecular formula is C15H19N3O2. The molecule has 1 fully saturated rings. The number of aryl methyl sites for hydroxylation is 1. The molecule has 1 aromatic rings. The van der Waals surface area contributed by atoms with Crippen molar-refractivity contribution >= 4 is 11.8 Å². The lowest BCUT2D eigenvalue weighted by atomic mass is 10.1. The molecule has 0 spiro atoms. The van der Waals surface area contributed by atoms with E-state index in [1.807, 2.05) is 0 Å². The molecule has 2 heterocycles. The SMILES string of the molecule is CCOC(=O)c1cc(C#N)c(N2CCCCC2)nc1C. The molecular weight excluding hydrogens is 254 g/mol. The van der Waals surface area contributed by atoms with Gasteiger partial charge in [0.2, 0.25) is 0 Å². The van der Waals surface area contributed by atoms with Crippen molar-refractivity contribution in [2.75, 3.05) is 24.6 Å². The molecule has 0 atom stereocenters. The van der Waals surface area contributed by atoms with Crippen molar-refractivity contribution in [3.63, 3.8) is 0 Å². The first-order chi connectivity index (χ1) is 9.67. The molecule has 0 amide bonds. The number of anilines is 1. The van der Waals surface area contributed by atoms with E-state index in [0.717, 1.165) is 25.9 Å². The van der Waals surface area contributed by atoms with E-state index in [1.54, 1.807) is 19.9 Å². The number of nitriles is 1. The van der Waals surface area contributed by atoms with E-state index in [2.05, 4.69) is 16.0 Å². The third kappa shape index (κ3) is 2.90. The number of carbonyl (C=O) groups is 1. The number of pyridine rings is 1. The van der Waals surface area contributed by atoms with Crippen LogP contribution in [0.4, 0.5) is 5.82 Å². The summed E-state index contributed by atoms with van der Waals surface area (Å²) >= 11 is 0. The number of hydrogen-bond acceptors (Lipinski definition) is 5. The lowest BCUT2D eigenvalue weighted by Crippen LogP contribution is -2.31. The van der Waals surface area contributed by atoms with Crippen LogP contribution in [0.2, 0.25) is 0 Å². The molecule has 1 saturated heterocycles. The van der Waals surface area contributed by atoms with E-state index in [0.29, 0.717) is 29.2 Å². The van der Waals surface area contributed by atoms with Crippen LogP contribution in [0, 0.1) is 18.3 Å². The Labute approximate surface area is 119 Å². The number of rotatable bonds is 3. The molecule has 5 heteroatoms. The number of esters is 1. The molecule has 0 radical (unpaired) electrons. The van der Waals surface area contributed by atoms with Gasteiger partial charge in [-0.1, -0.05) is 0 Å². The Balaban J connectivity index is 2.37. The highest BCUT2D eigenvalue weighted by Crippen LogP contribution is 2.24. The topological polar surface area (TPSA) is 66.2 Å². The van der Waals surface area contributed by atoms with Crippen molar-refractivity contribution in [1.29, 1.82) is 5.26 Å². The standard InChI is InChI=1S/C15H19N3O2/c1-3-20-15(19)13-9-12(10-16)14(17-11(13)2)18-7-5-4-6-8-18/h9H,3-8H2,1-2H3. The van der Waals surface area contributed by atoms with Crippen molar-refractivity contribution in [1.82, 2.24) is 4.98 Å². The zero-order valence-corrected chi connectivity index (χ0v) is 12.0. The Kier molecular flexibility index (Phi) is 4.57. The minimum Gasteiger partial charge on any atom is -0.462 e. The number of ether oxygens (including phenoxy) is 1. The maximum absolute atomic E-state index is 11.8. The molecule has 0 unspecified atom stereocenters. The summed E-state index contributed by atoms with van der Waals surface area (Å²) in [5.41, 5.74) is 1.44. The molecule has 0 saturated carbocycles. The van der Waals surface area contributed by atoms with Gasteiger partial charge in [0.05, 0.1) is 23.4 Å². The van der Waals surface area contributed by atoms with E-state index in [-0.39, 0.29) is 0 Å². The molecule has 0 aliphatic carbocycles. The Morgan fingerprint density at radius 3 is 2.75 bits per heavy atom. The first-order valence-electron chi connectivity index (χ1n) is 7.01. The highest BCUT2D eigenvalue weighted by Gasteiger charge is 2.20. The van der Waals surface area contributed by atoms with Gasteiger partial charge < -0.3 is 9.64 Å². The maximum atomic E-state index is 11.8. The monoisotopic (exact) mass is 273 g/mol. The minimum atomic E-state index is -0.417. The highest BCUT2D eigenvalue weighted by molar-refractivity contribution is 5.91. The number of nitrogens with zero attached hydrogens (tertiary/aromatic N) is 3. The lowest BCUT2D eigenvalue weighted by molar-refractivity contribution is 0.0525. The highest BCUT2D eigenvalue weighted by atomic mass is 16.5. The van der Waals surface area contributed by atoms with Crippen LogP contribution in [0.15, 0.2) is 6.07 Å². The van der Waals surface area contributed by atoms with E-state index in [1.165, 1.54) is 6.42 Å². The van der Waals surface area contributed by atoms with E-state index in [9.17, 15) is 10.1 Å². The number of hydrogen-bond donors (Lipinski definition) is 0. The van der Waals surface area contributed by atoms with Crippen LogP contribution in [0.5, 0.6) is 0 Å². The fraction of sp³-hybridized carbons (Fsp3) is 0.533. The Bertz CT molecular complexity index is 543. The third-order valence-electron chi connectivity index (χ3n) is 3.46. The van der Waals surface area contributed by atoms with Gasteiger partial charge in [-0.3, -0.25) is 0 Å². The van der Waals surface area contributed by atoms with Gasteiger partial charge in [-0.15, -0.1) is 0 Å². The van der Waals surface area contributed by atoms with Gasteiger partial charge in [-0.25, -0.2) is 9.78 Å². The summed E-state index contributed by atoms with van der Waals surface area (Å²) < 4.78 is 4.99. The summed E-state index contributed by atoms with van der Waals surface area (Å²) in [6, 6.07) is 3.75. The fourth-order valence-corrected chi connectivity index (χ4v) is 2.44. The molecule has 0 bridgehead atoms. The molecule has 1 aliphatic heterocycles. The second kappa shape index (κ2) is 6.38. The van der Waals surface area contributed by atoms with Crippen molar-refractivity contribution in [2.45, 2.75) is 33.1 Å². The number of piperidine rings is 1. The molecule has 20 heavy (non-hydrogen) atoms. The first-order valence-corrected chi connectivity index (χ1v) is 7.01. The lowest BCUT2D eigenvalue weighted by Gasteiger charge is -2.28. The summed E-state index contributed by atoms with van der Waals surface area (Å²) in [5.74, 6) is 0.275. The average molecular weight is 273 g/mol. The van der Waals surface area contributed by atoms with Crippen LogP contribution in [-0.4, -0.2) is 30.6 Å². The van der Waals surface area contributed by atoms with Crippen molar-refractivity contribution in [3.05, 3.63) is 22.9 Å². The van der Waals surface area contributed by atoms with Crippen molar-refractivity contribution in [2.24, 2.45) is 0 Å². The molecule has 2 rings (SSSR count). The fourth-order valence-electron chi connectivity index (χ4n) is 2.44. The average Bonchev–Trinajstić information content (AvgIpc) is 2.48. The van der Waals surface area contributed by atoms with E-state index >= 15 is 0 Å². The third-order valence-corrected chi connectivity index (χ3v) is 3.46. The normalized spacial score (nSPS) is 14.8. The van der Waals surface area contributed by atoms with Gasteiger partial charge in [0, 0.05) is 13.1 Å². The largest absolute Gasteiger partial charge is 0.462 e. The van der Waals surface area contributed by atoms with Gasteiger partial charge in [0.1, 0.15) is 11.9 Å². The summed E-state index contributed by atoms with van der Waals surface area (Å²) in [7, 11) is 0. The zero-order valence-electron chi connectivity index (χ0n) is 12.0. The van der Waals surface area contributed by atoms with Crippen LogP contribution >= 0.6 is 0 Å². The molecule has 0 aromatic carbocycles. The van der Waals surface area contributed by atoms with Crippen LogP contribution in [0.1, 0.15) is 47.8 Å². The van der Waals surface area contributed by atoms with Crippen LogP contribution in [0.3, 0.4) is 0 Å². The summed E-state index contributed by atoms with van der Waals surface area (Å²) in [6.45, 7) is 5.68. The summed E-state index contributed by atoms with van der Waals surface area (Å²) in [4.78, 5) is 18.4. The van der Waals surface area contributed by atoms with Crippen molar-refractivity contribution < 1.29 is 9.53 Å². The maximum Gasteiger partial charge on any atom is 0.340 e. The zero-order chi connectivity index (χ0) is 14.5. The van der Waals surface area contributed by atoms with Crippen molar-refractivity contribution in [3.8, 4) is 6.07 Å². The first kappa shape index (κ1) is 14.3. The van der Waals surface area contributed by atoms with Gasteiger partial charge in [0.25, 0.3) is 0 Å². The molecule has 1 aliphatic rings. The molecule has 106 valence electrons. The van der Waals surface area contributed by atoms with Gasteiger partial charge >= 0.3 is 5.97 Å². The predicted octanol–water partition coefficient (Wildman–Crippen LogP) is 2.43. The minimum absolute atomic E-state index is 0.314. The van der Waals surface area contributed by atoms with Crippen LogP contribution in [-0.2, 0) is 4.74 Å². The van der Waals surface area contributed by atoms with E-state index in [4.69, 9.17) is 4.74 Å². The summed E-state index contributed by atoms with van der Waals surface area (Å²) in [6.07, 6.45) is 3.45. The Morgan fingerprint density at radius 2 is 2.15 bits per heavy atom. The summed E-state index contributed by atoms with van der Waals surface area (Å²) in [5, 5.41) is 9.31. The van der Waals surface area contributed by atoms with E-state index < -0.39 is 5.97 Å².